The van der Waals surface area contributed by atoms with Gasteiger partial charge < -0.3 is 9.73 Å². The van der Waals surface area contributed by atoms with Crippen LogP contribution in [0.15, 0.2) is 23.0 Å². The Bertz CT molecular complexity index is 502. The Morgan fingerprint density at radius 3 is 3.12 bits per heavy atom. The minimum absolute atomic E-state index is 0.776. The Hall–Kier alpha value is -1.68. The summed E-state index contributed by atoms with van der Waals surface area (Å²) in [6.45, 7) is 4.01. The molecule has 3 rings (SSSR count). The Morgan fingerprint density at radius 1 is 1.41 bits per heavy atom. The molecule has 1 aliphatic heterocycles. The first-order valence-electron chi connectivity index (χ1n) is 6.00. The molecule has 0 aliphatic carbocycles. The van der Waals surface area contributed by atoms with Gasteiger partial charge in [-0.2, -0.15) is 0 Å². The molecule has 0 saturated heterocycles. The van der Waals surface area contributed by atoms with E-state index in [0.29, 0.717) is 0 Å². The van der Waals surface area contributed by atoms with Crippen LogP contribution in [0.3, 0.4) is 0 Å². The number of hydrogen-bond acceptors (Lipinski definition) is 4. The Labute approximate surface area is 100 Å². The zero-order valence-electron chi connectivity index (χ0n) is 9.86. The molecule has 0 spiro atoms. The largest absolute Gasteiger partial charge is 0.472 e. The highest BCUT2D eigenvalue weighted by Gasteiger charge is 2.17. The molecule has 0 unspecified atom stereocenters. The first-order valence-corrected chi connectivity index (χ1v) is 6.00. The van der Waals surface area contributed by atoms with Crippen molar-refractivity contribution in [3.63, 3.8) is 0 Å². The van der Waals surface area contributed by atoms with Gasteiger partial charge in [0, 0.05) is 12.2 Å². The molecule has 4 nitrogen and oxygen atoms in total. The number of furan rings is 1. The standard InChI is InChI=1S/C13H15N3O/c1-2-11-10-3-5-14-7-12(10)16-13(15-11)9-4-6-17-8-9/h4,6,8,14H,2-3,5,7H2,1H3. The van der Waals surface area contributed by atoms with Gasteiger partial charge >= 0.3 is 0 Å². The summed E-state index contributed by atoms with van der Waals surface area (Å²) < 4.78 is 5.09. The maximum absolute atomic E-state index is 5.09. The quantitative estimate of drug-likeness (QED) is 0.855. The van der Waals surface area contributed by atoms with Crippen LogP contribution in [0.2, 0.25) is 0 Å². The molecule has 1 aliphatic rings. The fourth-order valence-electron chi connectivity index (χ4n) is 2.25. The molecular weight excluding hydrogens is 214 g/mol. The molecule has 0 atom stereocenters. The molecule has 0 amide bonds. The fraction of sp³-hybridized carbons (Fsp3) is 0.385. The Morgan fingerprint density at radius 2 is 2.35 bits per heavy atom. The van der Waals surface area contributed by atoms with Crippen LogP contribution < -0.4 is 5.32 Å². The van der Waals surface area contributed by atoms with E-state index in [9.17, 15) is 0 Å². The molecule has 0 radical (unpaired) electrons. The van der Waals surface area contributed by atoms with Crippen molar-refractivity contribution in [1.82, 2.24) is 15.3 Å². The van der Waals surface area contributed by atoms with Crippen LogP contribution in [0.25, 0.3) is 11.4 Å². The minimum atomic E-state index is 0.776. The van der Waals surface area contributed by atoms with Crippen LogP contribution in [-0.4, -0.2) is 16.5 Å². The molecule has 4 heteroatoms. The maximum Gasteiger partial charge on any atom is 0.162 e. The van der Waals surface area contributed by atoms with Crippen LogP contribution in [0.1, 0.15) is 23.9 Å². The van der Waals surface area contributed by atoms with Crippen LogP contribution in [0.4, 0.5) is 0 Å². The van der Waals surface area contributed by atoms with Gasteiger partial charge in [0.25, 0.3) is 0 Å². The molecular formula is C13H15N3O. The summed E-state index contributed by atoms with van der Waals surface area (Å²) in [6, 6.07) is 1.90. The molecule has 3 heterocycles. The summed E-state index contributed by atoms with van der Waals surface area (Å²) in [5.41, 5.74) is 4.60. The second kappa shape index (κ2) is 4.30. The third kappa shape index (κ3) is 1.85. The third-order valence-corrected chi connectivity index (χ3v) is 3.14. The van der Waals surface area contributed by atoms with Crippen molar-refractivity contribution in [2.75, 3.05) is 6.54 Å². The molecule has 1 N–H and O–H groups in total. The highest BCUT2D eigenvalue weighted by Crippen LogP contribution is 2.22. The average molecular weight is 229 g/mol. The summed E-state index contributed by atoms with van der Waals surface area (Å²) in [5, 5.41) is 3.35. The summed E-state index contributed by atoms with van der Waals surface area (Å²) in [4.78, 5) is 9.28. The molecule has 2 aromatic rings. The van der Waals surface area contributed by atoms with E-state index in [-0.39, 0.29) is 0 Å². The number of rotatable bonds is 2. The van der Waals surface area contributed by atoms with Gasteiger partial charge in [-0.05, 0) is 31.0 Å². The van der Waals surface area contributed by atoms with Crippen molar-refractivity contribution in [3.05, 3.63) is 35.5 Å². The first kappa shape index (κ1) is 10.5. The van der Waals surface area contributed by atoms with Crippen LogP contribution in [0, 0.1) is 0 Å². The second-order valence-electron chi connectivity index (χ2n) is 4.21. The van der Waals surface area contributed by atoms with Gasteiger partial charge in [-0.1, -0.05) is 6.92 Å². The molecule has 0 fully saturated rings. The monoisotopic (exact) mass is 229 g/mol. The van der Waals surface area contributed by atoms with Crippen molar-refractivity contribution in [2.45, 2.75) is 26.3 Å². The van der Waals surface area contributed by atoms with E-state index in [1.807, 2.05) is 6.07 Å². The van der Waals surface area contributed by atoms with Gasteiger partial charge in [0.15, 0.2) is 5.82 Å². The summed E-state index contributed by atoms with van der Waals surface area (Å²) in [7, 11) is 0. The van der Waals surface area contributed by atoms with Gasteiger partial charge in [-0.15, -0.1) is 0 Å². The number of nitrogens with zero attached hydrogens (tertiary/aromatic N) is 2. The average Bonchev–Trinajstić information content (AvgIpc) is 2.91. The van der Waals surface area contributed by atoms with E-state index in [4.69, 9.17) is 4.42 Å². The lowest BCUT2D eigenvalue weighted by atomic mass is 10.0. The van der Waals surface area contributed by atoms with Gasteiger partial charge in [0.1, 0.15) is 6.26 Å². The lowest BCUT2D eigenvalue weighted by Gasteiger charge is -2.19. The zero-order valence-corrected chi connectivity index (χ0v) is 9.86. The maximum atomic E-state index is 5.09. The normalized spacial score (nSPS) is 14.6. The van der Waals surface area contributed by atoms with Crippen molar-refractivity contribution < 1.29 is 4.42 Å². The molecule has 17 heavy (non-hydrogen) atoms. The smallest absolute Gasteiger partial charge is 0.162 e. The lowest BCUT2D eigenvalue weighted by molar-refractivity contribution is 0.567. The topological polar surface area (TPSA) is 51.0 Å². The van der Waals surface area contributed by atoms with E-state index in [1.54, 1.807) is 12.5 Å². The minimum Gasteiger partial charge on any atom is -0.472 e. The molecule has 0 aromatic carbocycles. The summed E-state index contributed by atoms with van der Waals surface area (Å²) in [5.74, 6) is 0.776. The Kier molecular flexibility index (Phi) is 2.65. The fourth-order valence-corrected chi connectivity index (χ4v) is 2.25. The third-order valence-electron chi connectivity index (χ3n) is 3.14. The van der Waals surface area contributed by atoms with Crippen molar-refractivity contribution in [2.24, 2.45) is 0 Å². The van der Waals surface area contributed by atoms with Gasteiger partial charge in [-0.25, -0.2) is 9.97 Å². The number of aryl methyl sites for hydroxylation is 1. The van der Waals surface area contributed by atoms with Crippen LogP contribution in [0.5, 0.6) is 0 Å². The van der Waals surface area contributed by atoms with Crippen molar-refractivity contribution >= 4 is 0 Å². The van der Waals surface area contributed by atoms with E-state index >= 15 is 0 Å². The van der Waals surface area contributed by atoms with E-state index in [0.717, 1.165) is 43.0 Å². The van der Waals surface area contributed by atoms with Crippen molar-refractivity contribution in [1.29, 1.82) is 0 Å². The number of fused-ring (bicyclic) bond motifs is 1. The van der Waals surface area contributed by atoms with Gasteiger partial charge in [0.05, 0.1) is 17.5 Å². The highest BCUT2D eigenvalue weighted by atomic mass is 16.3. The van der Waals surface area contributed by atoms with E-state index in [1.165, 1.54) is 11.3 Å². The second-order valence-corrected chi connectivity index (χ2v) is 4.21. The molecule has 0 saturated carbocycles. The highest BCUT2D eigenvalue weighted by molar-refractivity contribution is 5.54. The first-order chi connectivity index (χ1) is 8.38. The lowest BCUT2D eigenvalue weighted by Crippen LogP contribution is -2.26. The molecule has 2 aromatic heterocycles. The van der Waals surface area contributed by atoms with Gasteiger partial charge in [-0.3, -0.25) is 0 Å². The number of aromatic nitrogens is 2. The zero-order chi connectivity index (χ0) is 11.7. The number of hydrogen-bond donors (Lipinski definition) is 1. The summed E-state index contributed by atoms with van der Waals surface area (Å²) in [6.07, 6.45) is 5.33. The predicted molar refractivity (Wildman–Crippen MR) is 64.5 cm³/mol. The van der Waals surface area contributed by atoms with E-state index < -0.39 is 0 Å². The van der Waals surface area contributed by atoms with Crippen LogP contribution in [-0.2, 0) is 19.4 Å². The SMILES string of the molecule is CCc1nc(-c2ccoc2)nc2c1CCNC2. The molecule has 88 valence electrons. The van der Waals surface area contributed by atoms with Crippen LogP contribution >= 0.6 is 0 Å². The summed E-state index contributed by atoms with van der Waals surface area (Å²) >= 11 is 0. The number of nitrogens with one attached hydrogen (secondary N) is 1. The molecule has 0 bridgehead atoms. The predicted octanol–water partition coefficient (Wildman–Crippen LogP) is 1.94. The van der Waals surface area contributed by atoms with Gasteiger partial charge in [0.2, 0.25) is 0 Å². The van der Waals surface area contributed by atoms with Crippen molar-refractivity contribution in [3.8, 4) is 11.4 Å². The Balaban J connectivity index is 2.12. The van der Waals surface area contributed by atoms with E-state index in [2.05, 4.69) is 22.2 Å².